The second-order valence-electron chi connectivity index (χ2n) is 7.84. The zero-order valence-electron chi connectivity index (χ0n) is 17.0. The number of carbonyl (C=O) groups is 1. The van der Waals surface area contributed by atoms with Gasteiger partial charge in [-0.1, -0.05) is 6.07 Å². The van der Waals surface area contributed by atoms with Crippen LogP contribution in [0.5, 0.6) is 11.6 Å². The van der Waals surface area contributed by atoms with Crippen molar-refractivity contribution in [1.29, 1.82) is 0 Å². The lowest BCUT2D eigenvalue weighted by Gasteiger charge is -2.26. The number of amides is 1. The van der Waals surface area contributed by atoms with Gasteiger partial charge in [0.25, 0.3) is 5.91 Å². The number of fused-ring (bicyclic) bond motifs is 2. The first-order chi connectivity index (χ1) is 14.5. The van der Waals surface area contributed by atoms with E-state index in [0.717, 1.165) is 41.2 Å². The average molecular weight is 405 g/mol. The van der Waals surface area contributed by atoms with Crippen LogP contribution in [0.15, 0.2) is 36.7 Å². The Kier molecular flexibility index (Phi) is 4.61. The first-order valence-corrected chi connectivity index (χ1v) is 10.2. The first-order valence-electron chi connectivity index (χ1n) is 10.2. The molecule has 1 amide bonds. The van der Waals surface area contributed by atoms with Gasteiger partial charge >= 0.3 is 0 Å². The summed E-state index contributed by atoms with van der Waals surface area (Å²) >= 11 is 0. The van der Waals surface area contributed by atoms with Gasteiger partial charge in [0.15, 0.2) is 5.69 Å². The Labute approximate surface area is 174 Å². The quantitative estimate of drug-likeness (QED) is 0.720. The maximum Gasteiger partial charge on any atom is 0.272 e. The maximum absolute atomic E-state index is 12.7. The highest BCUT2D eigenvalue weighted by Gasteiger charge is 2.25. The van der Waals surface area contributed by atoms with E-state index >= 15 is 0 Å². The number of aromatic nitrogens is 4. The zero-order valence-corrected chi connectivity index (χ0v) is 17.0. The van der Waals surface area contributed by atoms with Crippen molar-refractivity contribution >= 4 is 5.91 Å². The Morgan fingerprint density at radius 1 is 1.20 bits per heavy atom. The monoisotopic (exact) mass is 405 g/mol. The van der Waals surface area contributed by atoms with Crippen molar-refractivity contribution in [2.24, 2.45) is 0 Å². The Morgan fingerprint density at radius 2 is 2.03 bits per heavy atom. The normalized spacial score (nSPS) is 19.8. The molecule has 1 aromatic carbocycles. The molecule has 2 aliphatic rings. The van der Waals surface area contributed by atoms with Gasteiger partial charge in [-0.15, -0.1) is 0 Å². The minimum Gasteiger partial charge on any atom is -0.491 e. The molecule has 0 saturated carbocycles. The molecule has 2 aromatic heterocycles. The fourth-order valence-corrected chi connectivity index (χ4v) is 3.80. The molecule has 154 valence electrons. The Morgan fingerprint density at radius 3 is 2.87 bits per heavy atom. The molecule has 8 nitrogen and oxygen atoms in total. The standard InChI is InChI=1S/C22H23N5O3/c1-13-5-6-27-21(30-13)9-19(26-27)22(28)25-18-8-16-7-15(3-4-20(16)29-12-18)17-10-23-14(2)24-11-17/h3-4,7,9-11,13,18H,5-6,8,12H2,1-2H3,(H,25,28). The molecule has 0 spiro atoms. The molecule has 0 bridgehead atoms. The molecule has 0 radical (unpaired) electrons. The van der Waals surface area contributed by atoms with Gasteiger partial charge in [0.2, 0.25) is 5.88 Å². The third-order valence-corrected chi connectivity index (χ3v) is 5.46. The highest BCUT2D eigenvalue weighted by molar-refractivity contribution is 5.92. The molecule has 2 atom stereocenters. The van der Waals surface area contributed by atoms with Gasteiger partial charge in [-0.3, -0.25) is 4.79 Å². The molecular formula is C22H23N5O3. The van der Waals surface area contributed by atoms with Crippen LogP contribution >= 0.6 is 0 Å². The van der Waals surface area contributed by atoms with E-state index in [4.69, 9.17) is 9.47 Å². The lowest BCUT2D eigenvalue weighted by molar-refractivity contribution is 0.0909. The lowest BCUT2D eigenvalue weighted by Crippen LogP contribution is -2.42. The van der Waals surface area contributed by atoms with Crippen molar-refractivity contribution in [2.45, 2.75) is 45.4 Å². The van der Waals surface area contributed by atoms with Crippen LogP contribution in [-0.2, 0) is 13.0 Å². The van der Waals surface area contributed by atoms with Gasteiger partial charge in [0, 0.05) is 37.0 Å². The van der Waals surface area contributed by atoms with E-state index in [-0.39, 0.29) is 18.1 Å². The highest BCUT2D eigenvalue weighted by atomic mass is 16.5. The van der Waals surface area contributed by atoms with Gasteiger partial charge in [-0.25, -0.2) is 14.6 Å². The molecular weight excluding hydrogens is 382 g/mol. The van der Waals surface area contributed by atoms with E-state index in [2.05, 4.69) is 26.4 Å². The van der Waals surface area contributed by atoms with Crippen LogP contribution in [0.2, 0.25) is 0 Å². The number of nitrogens with zero attached hydrogens (tertiary/aromatic N) is 4. The van der Waals surface area contributed by atoms with E-state index in [1.54, 1.807) is 10.7 Å². The molecule has 8 heteroatoms. The summed E-state index contributed by atoms with van der Waals surface area (Å²) in [6.07, 6.45) is 5.34. The SMILES string of the molecule is Cc1ncc(-c2ccc3c(c2)CC(NC(=O)c2cc4n(n2)CCC(C)O4)CO3)cn1. The van der Waals surface area contributed by atoms with Crippen LogP contribution in [0.25, 0.3) is 11.1 Å². The van der Waals surface area contributed by atoms with Crippen LogP contribution in [-0.4, -0.2) is 44.4 Å². The predicted molar refractivity (Wildman–Crippen MR) is 110 cm³/mol. The predicted octanol–water partition coefficient (Wildman–Crippen LogP) is 2.55. The number of benzene rings is 1. The molecule has 1 N–H and O–H groups in total. The second kappa shape index (κ2) is 7.44. The van der Waals surface area contributed by atoms with Crippen LogP contribution in [0, 0.1) is 6.92 Å². The first kappa shape index (κ1) is 18.6. The van der Waals surface area contributed by atoms with Crippen molar-refractivity contribution in [1.82, 2.24) is 25.1 Å². The minimum atomic E-state index is -0.215. The summed E-state index contributed by atoms with van der Waals surface area (Å²) in [6, 6.07) is 7.62. The van der Waals surface area contributed by atoms with Crippen LogP contribution < -0.4 is 14.8 Å². The van der Waals surface area contributed by atoms with E-state index in [1.165, 1.54) is 0 Å². The van der Waals surface area contributed by atoms with Crippen molar-refractivity contribution in [2.75, 3.05) is 6.61 Å². The third kappa shape index (κ3) is 3.60. The molecule has 0 aliphatic carbocycles. The Hall–Kier alpha value is -3.42. The molecule has 5 rings (SSSR count). The molecule has 30 heavy (non-hydrogen) atoms. The summed E-state index contributed by atoms with van der Waals surface area (Å²) in [5, 5.41) is 7.42. The number of hydrogen-bond acceptors (Lipinski definition) is 6. The third-order valence-electron chi connectivity index (χ3n) is 5.46. The van der Waals surface area contributed by atoms with Crippen LogP contribution in [0.3, 0.4) is 0 Å². The maximum atomic E-state index is 12.7. The van der Waals surface area contributed by atoms with Crippen molar-refractivity contribution in [3.63, 3.8) is 0 Å². The van der Waals surface area contributed by atoms with Gasteiger partial charge in [0.05, 0.1) is 12.1 Å². The van der Waals surface area contributed by atoms with Gasteiger partial charge < -0.3 is 14.8 Å². The van der Waals surface area contributed by atoms with Gasteiger partial charge in [-0.05, 0) is 43.5 Å². The summed E-state index contributed by atoms with van der Waals surface area (Å²) in [5.41, 5.74) is 3.39. The van der Waals surface area contributed by atoms with Gasteiger partial charge in [-0.2, -0.15) is 5.10 Å². The average Bonchev–Trinajstić information content (AvgIpc) is 3.17. The number of carbonyl (C=O) groups excluding carboxylic acids is 1. The summed E-state index contributed by atoms with van der Waals surface area (Å²) in [4.78, 5) is 21.3. The van der Waals surface area contributed by atoms with E-state index in [0.29, 0.717) is 24.6 Å². The summed E-state index contributed by atoms with van der Waals surface area (Å²) in [5.74, 6) is 2.02. The van der Waals surface area contributed by atoms with Crippen LogP contribution in [0.4, 0.5) is 0 Å². The largest absolute Gasteiger partial charge is 0.491 e. The Balaban J connectivity index is 1.30. The summed E-state index contributed by atoms with van der Waals surface area (Å²) < 4.78 is 13.4. The van der Waals surface area contributed by atoms with Crippen molar-refractivity contribution in [3.8, 4) is 22.8 Å². The number of aryl methyl sites for hydroxylation is 2. The zero-order chi connectivity index (χ0) is 20.7. The van der Waals surface area contributed by atoms with Crippen LogP contribution in [0.1, 0.15) is 35.2 Å². The minimum absolute atomic E-state index is 0.131. The van der Waals surface area contributed by atoms with E-state index in [9.17, 15) is 4.79 Å². The van der Waals surface area contributed by atoms with E-state index < -0.39 is 0 Å². The summed E-state index contributed by atoms with van der Waals surface area (Å²) in [7, 11) is 0. The van der Waals surface area contributed by atoms with Crippen molar-refractivity contribution in [3.05, 3.63) is 53.7 Å². The van der Waals surface area contributed by atoms with Gasteiger partial charge in [0.1, 0.15) is 18.2 Å². The molecule has 0 fully saturated rings. The fraction of sp³-hybridized carbons (Fsp3) is 0.364. The smallest absolute Gasteiger partial charge is 0.272 e. The number of ether oxygens (including phenoxy) is 2. The highest BCUT2D eigenvalue weighted by Crippen LogP contribution is 2.30. The van der Waals surface area contributed by atoms with Crippen molar-refractivity contribution < 1.29 is 14.3 Å². The second-order valence-corrected chi connectivity index (χ2v) is 7.84. The molecule has 2 unspecified atom stereocenters. The number of nitrogens with one attached hydrogen (secondary N) is 1. The Bertz CT molecular complexity index is 1090. The molecule has 0 saturated heterocycles. The molecule has 2 aliphatic heterocycles. The lowest BCUT2D eigenvalue weighted by atomic mass is 9.98. The molecule has 4 heterocycles. The van der Waals surface area contributed by atoms with E-state index in [1.807, 2.05) is 38.4 Å². The molecule has 3 aromatic rings. The number of rotatable bonds is 3. The summed E-state index contributed by atoms with van der Waals surface area (Å²) in [6.45, 7) is 5.06. The fourth-order valence-electron chi connectivity index (χ4n) is 3.80. The number of hydrogen-bond donors (Lipinski definition) is 1. The topological polar surface area (TPSA) is 91.2 Å².